The van der Waals surface area contributed by atoms with E-state index in [0.717, 1.165) is 0 Å². The fourth-order valence-corrected chi connectivity index (χ4v) is 3.61. The van der Waals surface area contributed by atoms with Gasteiger partial charge in [-0.1, -0.05) is 34.4 Å². The van der Waals surface area contributed by atoms with Crippen molar-refractivity contribution in [3.05, 3.63) is 40.1 Å². The second-order valence-corrected chi connectivity index (χ2v) is 7.26. The Hall–Kier alpha value is -2.05. The number of amides is 2. The molecule has 0 atom stereocenters. The third kappa shape index (κ3) is 4.37. The first kappa shape index (κ1) is 18.7. The SMILES string of the molecule is Cc1cc(NC(=O)C2CCC(C(=O)Nc3c(Cl)cccc3Cl)CC2)no1. The molecule has 1 aliphatic carbocycles. The lowest BCUT2D eigenvalue weighted by molar-refractivity contribution is -0.125. The van der Waals surface area contributed by atoms with E-state index in [2.05, 4.69) is 15.8 Å². The van der Waals surface area contributed by atoms with Gasteiger partial charge in [-0.15, -0.1) is 0 Å². The van der Waals surface area contributed by atoms with Crippen LogP contribution in [0.3, 0.4) is 0 Å². The Balaban J connectivity index is 1.53. The van der Waals surface area contributed by atoms with Gasteiger partial charge < -0.3 is 15.2 Å². The summed E-state index contributed by atoms with van der Waals surface area (Å²) >= 11 is 12.2. The van der Waals surface area contributed by atoms with Crippen molar-refractivity contribution in [1.29, 1.82) is 0 Å². The van der Waals surface area contributed by atoms with Crippen molar-refractivity contribution < 1.29 is 14.1 Å². The fraction of sp³-hybridized carbons (Fsp3) is 0.389. The van der Waals surface area contributed by atoms with Crippen LogP contribution >= 0.6 is 23.2 Å². The number of nitrogens with zero attached hydrogens (tertiary/aromatic N) is 1. The topological polar surface area (TPSA) is 84.2 Å². The summed E-state index contributed by atoms with van der Waals surface area (Å²) in [5, 5.41) is 10.1. The molecular weight excluding hydrogens is 377 g/mol. The van der Waals surface area contributed by atoms with Crippen LogP contribution in [0.2, 0.25) is 10.0 Å². The highest BCUT2D eigenvalue weighted by atomic mass is 35.5. The van der Waals surface area contributed by atoms with Crippen LogP contribution in [0, 0.1) is 18.8 Å². The lowest BCUT2D eigenvalue weighted by atomic mass is 9.81. The Morgan fingerprint density at radius 1 is 1.04 bits per heavy atom. The molecule has 0 aliphatic heterocycles. The molecule has 2 aromatic rings. The zero-order valence-corrected chi connectivity index (χ0v) is 15.7. The quantitative estimate of drug-likeness (QED) is 0.787. The molecule has 1 aromatic carbocycles. The number of aryl methyl sites for hydroxylation is 1. The van der Waals surface area contributed by atoms with Crippen LogP contribution in [0.1, 0.15) is 31.4 Å². The van der Waals surface area contributed by atoms with Gasteiger partial charge in [0.2, 0.25) is 11.8 Å². The number of halogens is 2. The molecule has 0 spiro atoms. The maximum Gasteiger partial charge on any atom is 0.228 e. The highest BCUT2D eigenvalue weighted by Crippen LogP contribution is 2.33. The van der Waals surface area contributed by atoms with Crippen molar-refractivity contribution in [3.8, 4) is 0 Å². The van der Waals surface area contributed by atoms with Gasteiger partial charge in [0, 0.05) is 17.9 Å². The highest BCUT2D eigenvalue weighted by Gasteiger charge is 2.30. The maximum absolute atomic E-state index is 12.5. The number of aromatic nitrogens is 1. The Morgan fingerprint density at radius 2 is 1.58 bits per heavy atom. The number of para-hydroxylation sites is 1. The van der Waals surface area contributed by atoms with E-state index >= 15 is 0 Å². The Bertz CT molecular complexity index is 794. The van der Waals surface area contributed by atoms with Gasteiger partial charge >= 0.3 is 0 Å². The summed E-state index contributed by atoms with van der Waals surface area (Å²) in [6.45, 7) is 1.76. The number of carbonyl (C=O) groups is 2. The smallest absolute Gasteiger partial charge is 0.228 e. The molecule has 1 aliphatic rings. The molecule has 2 N–H and O–H groups in total. The second-order valence-electron chi connectivity index (χ2n) is 6.45. The minimum absolute atomic E-state index is 0.0914. The summed E-state index contributed by atoms with van der Waals surface area (Å²) in [6, 6.07) is 6.75. The van der Waals surface area contributed by atoms with E-state index in [4.69, 9.17) is 27.7 Å². The van der Waals surface area contributed by atoms with E-state index in [1.165, 1.54) is 0 Å². The standard InChI is InChI=1S/C18H19Cl2N3O3/c1-10-9-15(23-26-10)21-17(24)11-5-7-12(8-6-11)18(25)22-16-13(19)3-2-4-14(16)20/h2-4,9,11-12H,5-8H2,1H3,(H,22,25)(H,21,23,24). The van der Waals surface area contributed by atoms with Gasteiger partial charge in [0.25, 0.3) is 0 Å². The molecule has 1 fully saturated rings. The lowest BCUT2D eigenvalue weighted by Gasteiger charge is -2.27. The molecule has 138 valence electrons. The molecule has 3 rings (SSSR count). The molecule has 1 heterocycles. The van der Waals surface area contributed by atoms with Crippen molar-refractivity contribution in [1.82, 2.24) is 5.16 Å². The van der Waals surface area contributed by atoms with E-state index in [1.807, 2.05) is 0 Å². The minimum atomic E-state index is -0.166. The first-order valence-corrected chi connectivity index (χ1v) is 9.18. The van der Waals surface area contributed by atoms with Crippen molar-refractivity contribution in [3.63, 3.8) is 0 Å². The molecular formula is C18H19Cl2N3O3. The van der Waals surface area contributed by atoms with Gasteiger partial charge in [-0.05, 0) is 44.7 Å². The van der Waals surface area contributed by atoms with E-state index in [-0.39, 0.29) is 23.7 Å². The van der Waals surface area contributed by atoms with Gasteiger partial charge in [-0.25, -0.2) is 0 Å². The van der Waals surface area contributed by atoms with Crippen LogP contribution in [0.4, 0.5) is 11.5 Å². The number of nitrogens with one attached hydrogen (secondary N) is 2. The summed E-state index contributed by atoms with van der Waals surface area (Å²) in [5.74, 6) is 0.539. The molecule has 1 saturated carbocycles. The maximum atomic E-state index is 12.5. The molecule has 1 aromatic heterocycles. The Kier molecular flexibility index (Phi) is 5.84. The highest BCUT2D eigenvalue weighted by molar-refractivity contribution is 6.39. The number of benzene rings is 1. The number of hydrogen-bond donors (Lipinski definition) is 2. The van der Waals surface area contributed by atoms with E-state index in [0.29, 0.717) is 53.0 Å². The minimum Gasteiger partial charge on any atom is -0.360 e. The molecule has 26 heavy (non-hydrogen) atoms. The Labute approximate surface area is 161 Å². The van der Waals surface area contributed by atoms with Gasteiger partial charge in [0.05, 0.1) is 15.7 Å². The van der Waals surface area contributed by atoms with E-state index in [1.54, 1.807) is 31.2 Å². The van der Waals surface area contributed by atoms with Crippen molar-refractivity contribution in [2.24, 2.45) is 11.8 Å². The van der Waals surface area contributed by atoms with Crippen LogP contribution in [-0.4, -0.2) is 17.0 Å². The summed E-state index contributed by atoms with van der Waals surface area (Å²) < 4.78 is 4.94. The molecule has 8 heteroatoms. The fourth-order valence-electron chi connectivity index (χ4n) is 3.11. The van der Waals surface area contributed by atoms with Crippen LogP contribution in [0.15, 0.2) is 28.8 Å². The van der Waals surface area contributed by atoms with Crippen molar-refractivity contribution in [2.75, 3.05) is 10.6 Å². The number of anilines is 2. The normalized spacial score (nSPS) is 19.8. The molecule has 0 bridgehead atoms. The second kappa shape index (κ2) is 8.10. The lowest BCUT2D eigenvalue weighted by Crippen LogP contribution is -2.32. The summed E-state index contributed by atoms with van der Waals surface area (Å²) in [7, 11) is 0. The van der Waals surface area contributed by atoms with Crippen molar-refractivity contribution in [2.45, 2.75) is 32.6 Å². The molecule has 0 radical (unpaired) electrons. The van der Waals surface area contributed by atoms with Gasteiger partial charge in [-0.2, -0.15) is 0 Å². The number of rotatable bonds is 4. The Morgan fingerprint density at radius 3 is 2.08 bits per heavy atom. The monoisotopic (exact) mass is 395 g/mol. The molecule has 2 amide bonds. The summed E-state index contributed by atoms with van der Waals surface area (Å²) in [6.07, 6.45) is 2.53. The largest absolute Gasteiger partial charge is 0.360 e. The average molecular weight is 396 g/mol. The summed E-state index contributed by atoms with van der Waals surface area (Å²) in [4.78, 5) is 24.8. The third-order valence-electron chi connectivity index (χ3n) is 4.56. The van der Waals surface area contributed by atoms with Crippen LogP contribution in [0.5, 0.6) is 0 Å². The van der Waals surface area contributed by atoms with Crippen LogP contribution < -0.4 is 10.6 Å². The van der Waals surface area contributed by atoms with Crippen LogP contribution in [0.25, 0.3) is 0 Å². The first-order valence-electron chi connectivity index (χ1n) is 8.43. The zero-order chi connectivity index (χ0) is 18.7. The van der Waals surface area contributed by atoms with Gasteiger partial charge in [-0.3, -0.25) is 9.59 Å². The predicted molar refractivity (Wildman–Crippen MR) is 100 cm³/mol. The molecule has 6 nitrogen and oxygen atoms in total. The molecule has 0 saturated heterocycles. The average Bonchev–Trinajstić information content (AvgIpc) is 3.03. The van der Waals surface area contributed by atoms with E-state index in [9.17, 15) is 9.59 Å². The van der Waals surface area contributed by atoms with E-state index < -0.39 is 0 Å². The zero-order valence-electron chi connectivity index (χ0n) is 14.2. The summed E-state index contributed by atoms with van der Waals surface area (Å²) in [5.41, 5.74) is 0.433. The molecule has 0 unspecified atom stereocenters. The number of carbonyl (C=O) groups excluding carboxylic acids is 2. The van der Waals surface area contributed by atoms with Crippen molar-refractivity contribution >= 4 is 46.5 Å². The third-order valence-corrected chi connectivity index (χ3v) is 5.19. The first-order chi connectivity index (χ1) is 12.4. The predicted octanol–water partition coefficient (Wildman–Crippen LogP) is 4.67. The van der Waals surface area contributed by atoms with Crippen LogP contribution in [-0.2, 0) is 9.59 Å². The van der Waals surface area contributed by atoms with Gasteiger partial charge in [0.15, 0.2) is 5.82 Å². The van der Waals surface area contributed by atoms with Gasteiger partial charge in [0.1, 0.15) is 5.76 Å². The number of hydrogen-bond acceptors (Lipinski definition) is 4.